The predicted octanol–water partition coefficient (Wildman–Crippen LogP) is 4.14. The van der Waals surface area contributed by atoms with E-state index in [9.17, 15) is 5.26 Å². The summed E-state index contributed by atoms with van der Waals surface area (Å²) in [6.45, 7) is 1.51. The van der Waals surface area contributed by atoms with Gasteiger partial charge in [0.25, 0.3) is 0 Å². The molecule has 0 radical (unpaired) electrons. The van der Waals surface area contributed by atoms with E-state index in [0.29, 0.717) is 41.8 Å². The van der Waals surface area contributed by atoms with Crippen LogP contribution in [0.15, 0.2) is 42.6 Å². The highest BCUT2D eigenvalue weighted by molar-refractivity contribution is 6.32. The van der Waals surface area contributed by atoms with E-state index in [1.807, 2.05) is 36.4 Å². The molecule has 2 aromatic carbocycles. The van der Waals surface area contributed by atoms with E-state index in [1.165, 1.54) is 0 Å². The van der Waals surface area contributed by atoms with Gasteiger partial charge < -0.3 is 14.8 Å². The number of pyridine rings is 1. The Balaban J connectivity index is 1.67. The summed E-state index contributed by atoms with van der Waals surface area (Å²) in [6.07, 6.45) is 1.58. The molecule has 0 aliphatic carbocycles. The Bertz CT molecular complexity index is 998. The standard InChI is InChI=1S/C19H14ClN3O2/c20-15-7-12(8-17-19(15)25-6-5-24-17)10-23-18-13(9-21)11-22-16-4-2-1-3-14(16)18/h1-4,7-8,11H,5-6,10H2,(H,22,23). The second kappa shape index (κ2) is 6.50. The Morgan fingerprint density at radius 3 is 2.92 bits per heavy atom. The van der Waals surface area contributed by atoms with Gasteiger partial charge in [-0.1, -0.05) is 29.8 Å². The molecule has 1 aliphatic heterocycles. The van der Waals surface area contributed by atoms with Crippen molar-refractivity contribution in [2.45, 2.75) is 6.54 Å². The number of anilines is 1. The monoisotopic (exact) mass is 351 g/mol. The van der Waals surface area contributed by atoms with Gasteiger partial charge in [0.05, 0.1) is 21.8 Å². The lowest BCUT2D eigenvalue weighted by Crippen LogP contribution is -2.16. The highest BCUT2D eigenvalue weighted by atomic mass is 35.5. The minimum absolute atomic E-state index is 0.499. The Labute approximate surface area is 149 Å². The summed E-state index contributed by atoms with van der Waals surface area (Å²) in [5.41, 5.74) is 3.05. The van der Waals surface area contributed by atoms with E-state index in [-0.39, 0.29) is 0 Å². The molecule has 0 unspecified atom stereocenters. The highest BCUT2D eigenvalue weighted by Gasteiger charge is 2.17. The zero-order valence-corrected chi connectivity index (χ0v) is 14.0. The van der Waals surface area contributed by atoms with Gasteiger partial charge in [0.1, 0.15) is 19.3 Å². The first-order chi connectivity index (χ1) is 12.3. The number of halogens is 1. The molecule has 4 rings (SSSR count). The third-order valence-electron chi connectivity index (χ3n) is 4.02. The van der Waals surface area contributed by atoms with Crippen LogP contribution in [0.3, 0.4) is 0 Å². The van der Waals surface area contributed by atoms with Gasteiger partial charge in [-0.15, -0.1) is 0 Å². The molecule has 0 bridgehead atoms. The minimum Gasteiger partial charge on any atom is -0.486 e. The van der Waals surface area contributed by atoms with Crippen molar-refractivity contribution in [1.82, 2.24) is 4.98 Å². The summed E-state index contributed by atoms with van der Waals surface area (Å²) in [4.78, 5) is 4.32. The summed E-state index contributed by atoms with van der Waals surface area (Å²) in [6, 6.07) is 13.7. The van der Waals surface area contributed by atoms with E-state index in [0.717, 1.165) is 22.2 Å². The van der Waals surface area contributed by atoms with Gasteiger partial charge in [-0.05, 0) is 23.8 Å². The van der Waals surface area contributed by atoms with E-state index in [2.05, 4.69) is 16.4 Å². The van der Waals surface area contributed by atoms with Crippen LogP contribution >= 0.6 is 11.6 Å². The van der Waals surface area contributed by atoms with Gasteiger partial charge in [0, 0.05) is 18.1 Å². The number of fused-ring (bicyclic) bond motifs is 2. The maximum atomic E-state index is 9.39. The molecule has 5 nitrogen and oxygen atoms in total. The molecule has 0 saturated carbocycles. The summed E-state index contributed by atoms with van der Waals surface area (Å²) in [7, 11) is 0. The quantitative estimate of drug-likeness (QED) is 0.768. The van der Waals surface area contributed by atoms with E-state index in [1.54, 1.807) is 6.20 Å². The van der Waals surface area contributed by atoms with Gasteiger partial charge in [0.15, 0.2) is 11.5 Å². The van der Waals surface area contributed by atoms with Crippen LogP contribution in [0.25, 0.3) is 10.9 Å². The third-order valence-corrected chi connectivity index (χ3v) is 4.30. The molecule has 0 fully saturated rings. The molecule has 0 spiro atoms. The zero-order valence-electron chi connectivity index (χ0n) is 13.3. The van der Waals surface area contributed by atoms with E-state index in [4.69, 9.17) is 21.1 Å². The van der Waals surface area contributed by atoms with Gasteiger partial charge in [-0.3, -0.25) is 4.98 Å². The lowest BCUT2D eigenvalue weighted by Gasteiger charge is -2.20. The second-order valence-corrected chi connectivity index (χ2v) is 6.04. The number of hydrogen-bond acceptors (Lipinski definition) is 5. The van der Waals surface area contributed by atoms with Crippen molar-refractivity contribution in [2.75, 3.05) is 18.5 Å². The molecule has 0 atom stereocenters. The van der Waals surface area contributed by atoms with Crippen molar-refractivity contribution in [2.24, 2.45) is 0 Å². The average Bonchev–Trinajstić information content (AvgIpc) is 2.66. The topological polar surface area (TPSA) is 67.2 Å². The Hall–Kier alpha value is -2.97. The number of nitrogens with one attached hydrogen (secondary N) is 1. The summed E-state index contributed by atoms with van der Waals surface area (Å²) < 4.78 is 11.2. The first kappa shape index (κ1) is 15.6. The largest absolute Gasteiger partial charge is 0.486 e. The van der Waals surface area contributed by atoms with Crippen molar-refractivity contribution in [1.29, 1.82) is 5.26 Å². The number of benzene rings is 2. The maximum absolute atomic E-state index is 9.39. The molecular formula is C19H14ClN3O2. The fourth-order valence-electron chi connectivity index (χ4n) is 2.87. The Kier molecular flexibility index (Phi) is 4.04. The molecule has 124 valence electrons. The van der Waals surface area contributed by atoms with Crippen LogP contribution in [0.5, 0.6) is 11.5 Å². The number of aromatic nitrogens is 1. The van der Waals surface area contributed by atoms with Crippen LogP contribution in [0.1, 0.15) is 11.1 Å². The molecule has 6 heteroatoms. The first-order valence-electron chi connectivity index (χ1n) is 7.86. The maximum Gasteiger partial charge on any atom is 0.179 e. The van der Waals surface area contributed by atoms with Gasteiger partial charge in [0.2, 0.25) is 0 Å². The normalized spacial score (nSPS) is 12.6. The highest BCUT2D eigenvalue weighted by Crippen LogP contribution is 2.38. The average molecular weight is 352 g/mol. The van der Waals surface area contributed by atoms with Crippen molar-refractivity contribution >= 4 is 28.2 Å². The smallest absolute Gasteiger partial charge is 0.179 e. The van der Waals surface area contributed by atoms with Gasteiger partial charge in [-0.2, -0.15) is 5.26 Å². The number of ether oxygens (including phenoxy) is 2. The lowest BCUT2D eigenvalue weighted by atomic mass is 10.1. The van der Waals surface area contributed by atoms with Crippen molar-refractivity contribution in [3.8, 4) is 17.6 Å². The fourth-order valence-corrected chi connectivity index (χ4v) is 3.16. The van der Waals surface area contributed by atoms with Crippen molar-refractivity contribution in [3.63, 3.8) is 0 Å². The first-order valence-corrected chi connectivity index (χ1v) is 8.24. The molecule has 25 heavy (non-hydrogen) atoms. The fraction of sp³-hybridized carbons (Fsp3) is 0.158. The molecule has 1 aliphatic rings. The third kappa shape index (κ3) is 2.92. The van der Waals surface area contributed by atoms with Crippen LogP contribution in [0.2, 0.25) is 5.02 Å². The number of para-hydroxylation sites is 1. The lowest BCUT2D eigenvalue weighted by molar-refractivity contribution is 0.171. The summed E-state index contributed by atoms with van der Waals surface area (Å²) in [5, 5.41) is 14.2. The van der Waals surface area contributed by atoms with Crippen molar-refractivity contribution in [3.05, 3.63) is 58.7 Å². The molecular weight excluding hydrogens is 338 g/mol. The summed E-state index contributed by atoms with van der Waals surface area (Å²) >= 11 is 6.29. The molecule has 0 amide bonds. The molecule has 0 saturated heterocycles. The SMILES string of the molecule is N#Cc1cnc2ccccc2c1NCc1cc(Cl)c2c(c1)OCCO2. The van der Waals surface area contributed by atoms with Crippen LogP contribution in [-0.4, -0.2) is 18.2 Å². The zero-order chi connectivity index (χ0) is 17.2. The number of nitriles is 1. The van der Waals surface area contributed by atoms with Crippen LogP contribution in [-0.2, 0) is 6.54 Å². The number of hydrogen-bond donors (Lipinski definition) is 1. The number of nitrogens with zero attached hydrogens (tertiary/aromatic N) is 2. The van der Waals surface area contributed by atoms with Crippen LogP contribution < -0.4 is 14.8 Å². The molecule has 2 heterocycles. The number of rotatable bonds is 3. The minimum atomic E-state index is 0.499. The van der Waals surface area contributed by atoms with Gasteiger partial charge in [-0.25, -0.2) is 0 Å². The van der Waals surface area contributed by atoms with Crippen LogP contribution in [0.4, 0.5) is 5.69 Å². The second-order valence-electron chi connectivity index (χ2n) is 5.63. The Morgan fingerprint density at radius 2 is 2.04 bits per heavy atom. The van der Waals surface area contributed by atoms with Crippen LogP contribution in [0, 0.1) is 11.3 Å². The molecule has 3 aromatic rings. The van der Waals surface area contributed by atoms with Crippen molar-refractivity contribution < 1.29 is 9.47 Å². The predicted molar refractivity (Wildman–Crippen MR) is 96.2 cm³/mol. The van der Waals surface area contributed by atoms with Gasteiger partial charge >= 0.3 is 0 Å². The summed E-state index contributed by atoms with van der Waals surface area (Å²) in [5.74, 6) is 1.24. The molecule has 1 aromatic heterocycles. The van der Waals surface area contributed by atoms with E-state index >= 15 is 0 Å². The Morgan fingerprint density at radius 1 is 1.20 bits per heavy atom. The van der Waals surface area contributed by atoms with E-state index < -0.39 is 0 Å². The molecule has 1 N–H and O–H groups in total.